The molecule has 3 aromatic rings. The number of hydrogen-bond donors (Lipinski definition) is 1. The number of ether oxygens (including phenoxy) is 2. The van der Waals surface area contributed by atoms with Gasteiger partial charge in [-0.3, -0.25) is 19.7 Å². The molecule has 1 N–H and O–H groups in total. The number of benzene rings is 3. The van der Waals surface area contributed by atoms with Crippen molar-refractivity contribution < 1.29 is 24.0 Å². The van der Waals surface area contributed by atoms with Gasteiger partial charge in [0.05, 0.1) is 24.8 Å². The number of nitrogens with zero attached hydrogens (tertiary/aromatic N) is 2. The van der Waals surface area contributed by atoms with Gasteiger partial charge in [-0.15, -0.1) is 11.8 Å². The number of amides is 2. The number of methoxy groups -OCH3 is 2. The lowest BCUT2D eigenvalue weighted by atomic mass is 10.1. The van der Waals surface area contributed by atoms with Crippen LogP contribution in [-0.2, 0) is 9.59 Å². The number of fused-ring (bicyclic) bond motifs is 1. The minimum atomic E-state index is -0.509. The van der Waals surface area contributed by atoms with E-state index >= 15 is 0 Å². The van der Waals surface area contributed by atoms with E-state index in [1.165, 1.54) is 29.2 Å². The highest BCUT2D eigenvalue weighted by atomic mass is 32.2. The molecule has 0 spiro atoms. The van der Waals surface area contributed by atoms with Crippen molar-refractivity contribution in [3.8, 4) is 11.5 Å². The van der Waals surface area contributed by atoms with Gasteiger partial charge < -0.3 is 19.7 Å². The second-order valence-electron chi connectivity index (χ2n) is 7.72. The molecule has 3 aromatic carbocycles. The second kappa shape index (κ2) is 10.5. The van der Waals surface area contributed by atoms with Crippen LogP contribution in [-0.4, -0.2) is 37.5 Å². The van der Waals surface area contributed by atoms with Gasteiger partial charge in [0, 0.05) is 34.4 Å². The highest BCUT2D eigenvalue weighted by Crippen LogP contribution is 2.46. The lowest BCUT2D eigenvalue weighted by Gasteiger charge is -2.22. The van der Waals surface area contributed by atoms with Crippen molar-refractivity contribution >= 4 is 40.6 Å². The highest BCUT2D eigenvalue weighted by Gasteiger charge is 2.31. The van der Waals surface area contributed by atoms with Crippen LogP contribution in [0.5, 0.6) is 11.5 Å². The fraction of sp³-hybridized carbons (Fsp3) is 0.200. The van der Waals surface area contributed by atoms with Crippen LogP contribution < -0.4 is 19.7 Å². The number of nitro benzene ring substituents is 1. The van der Waals surface area contributed by atoms with Gasteiger partial charge in [0.2, 0.25) is 11.8 Å². The fourth-order valence-corrected chi connectivity index (χ4v) is 5.07. The maximum Gasteiger partial charge on any atom is 0.269 e. The molecular weight excluding hydrogens is 470 g/mol. The SMILES string of the molecule is COc1ccc([C@H]2CC(=O)N(CC(=O)Nc3ccc([N+](=O)[O-])cc3)c3ccccc3S2)cc1OC. The first-order valence-electron chi connectivity index (χ1n) is 10.7. The molecule has 1 aliphatic rings. The molecule has 0 saturated carbocycles. The third-order valence-corrected chi connectivity index (χ3v) is 6.85. The summed E-state index contributed by atoms with van der Waals surface area (Å²) in [6, 6.07) is 18.6. The summed E-state index contributed by atoms with van der Waals surface area (Å²) >= 11 is 1.55. The quantitative estimate of drug-likeness (QED) is 0.371. The fourth-order valence-electron chi connectivity index (χ4n) is 3.80. The van der Waals surface area contributed by atoms with Crippen molar-refractivity contribution in [3.63, 3.8) is 0 Å². The van der Waals surface area contributed by atoms with E-state index in [1.54, 1.807) is 26.0 Å². The molecule has 0 aliphatic carbocycles. The maximum absolute atomic E-state index is 13.3. The molecule has 4 rings (SSSR count). The molecule has 0 unspecified atom stereocenters. The summed E-state index contributed by atoms with van der Waals surface area (Å²) in [5, 5.41) is 13.4. The normalized spacial score (nSPS) is 15.1. The number of thioether (sulfide) groups is 1. The molecule has 1 atom stereocenters. The Morgan fingerprint density at radius 1 is 1.09 bits per heavy atom. The standard InChI is InChI=1S/C25H23N3O6S/c1-33-20-12-7-16(13-21(20)34-2)23-14-25(30)27(19-5-3-4-6-22(19)35-23)15-24(29)26-17-8-10-18(11-9-17)28(31)32/h3-13,23H,14-15H2,1-2H3,(H,26,29)/t23-/m1/s1. The summed E-state index contributed by atoms with van der Waals surface area (Å²) in [6.45, 7) is -0.188. The Hall–Kier alpha value is -4.05. The largest absolute Gasteiger partial charge is 0.493 e. The van der Waals surface area contributed by atoms with Gasteiger partial charge in [-0.25, -0.2) is 0 Å². The number of nitro groups is 1. The monoisotopic (exact) mass is 493 g/mol. The zero-order chi connectivity index (χ0) is 24.9. The van der Waals surface area contributed by atoms with Crippen molar-refractivity contribution in [2.45, 2.75) is 16.6 Å². The van der Waals surface area contributed by atoms with Gasteiger partial charge in [-0.2, -0.15) is 0 Å². The molecule has 10 heteroatoms. The van der Waals surface area contributed by atoms with Gasteiger partial charge >= 0.3 is 0 Å². The van der Waals surface area contributed by atoms with Crippen LogP contribution in [0.15, 0.2) is 71.6 Å². The molecule has 2 amide bonds. The molecule has 0 bridgehead atoms. The summed E-state index contributed by atoms with van der Waals surface area (Å²) < 4.78 is 10.7. The van der Waals surface area contributed by atoms with Crippen LogP contribution in [0.1, 0.15) is 17.2 Å². The molecule has 0 saturated heterocycles. The molecule has 180 valence electrons. The van der Waals surface area contributed by atoms with E-state index in [0.717, 1.165) is 10.5 Å². The first kappa shape index (κ1) is 24.1. The van der Waals surface area contributed by atoms with Crippen molar-refractivity contribution in [2.75, 3.05) is 31.0 Å². The Balaban J connectivity index is 1.56. The molecule has 0 radical (unpaired) electrons. The van der Waals surface area contributed by atoms with E-state index in [4.69, 9.17) is 9.47 Å². The Morgan fingerprint density at radius 3 is 2.49 bits per heavy atom. The van der Waals surface area contributed by atoms with Gasteiger partial charge in [0.15, 0.2) is 11.5 Å². The molecular formula is C25H23N3O6S. The third-order valence-electron chi connectivity index (χ3n) is 5.53. The van der Waals surface area contributed by atoms with Crippen molar-refractivity contribution in [1.29, 1.82) is 0 Å². The minimum absolute atomic E-state index is 0.0714. The summed E-state index contributed by atoms with van der Waals surface area (Å²) in [5.74, 6) is 0.582. The predicted molar refractivity (Wildman–Crippen MR) is 133 cm³/mol. The van der Waals surface area contributed by atoms with Crippen LogP contribution >= 0.6 is 11.8 Å². The Kier molecular flexibility index (Phi) is 7.21. The summed E-state index contributed by atoms with van der Waals surface area (Å²) in [5.41, 5.74) is 1.91. The molecule has 1 heterocycles. The van der Waals surface area contributed by atoms with Crippen LogP contribution in [0, 0.1) is 10.1 Å². The Bertz CT molecular complexity index is 1260. The summed E-state index contributed by atoms with van der Waals surface area (Å²) in [7, 11) is 3.13. The second-order valence-corrected chi connectivity index (χ2v) is 8.97. The Labute approximate surface area is 206 Å². The molecule has 0 aromatic heterocycles. The number of carbonyl (C=O) groups excluding carboxylic acids is 2. The van der Waals surface area contributed by atoms with Crippen molar-refractivity contribution in [2.24, 2.45) is 0 Å². The van der Waals surface area contributed by atoms with Gasteiger partial charge in [0.25, 0.3) is 5.69 Å². The summed E-state index contributed by atoms with van der Waals surface area (Å²) in [6.07, 6.45) is 0.180. The van der Waals surface area contributed by atoms with Gasteiger partial charge in [-0.1, -0.05) is 18.2 Å². The van der Waals surface area contributed by atoms with Crippen LogP contribution in [0.25, 0.3) is 0 Å². The van der Waals surface area contributed by atoms with E-state index < -0.39 is 10.8 Å². The van der Waals surface area contributed by atoms with Crippen LogP contribution in [0.2, 0.25) is 0 Å². The lowest BCUT2D eigenvalue weighted by molar-refractivity contribution is -0.384. The highest BCUT2D eigenvalue weighted by molar-refractivity contribution is 7.99. The molecule has 1 aliphatic heterocycles. The number of carbonyl (C=O) groups is 2. The average molecular weight is 494 g/mol. The van der Waals surface area contributed by atoms with Gasteiger partial charge in [0.1, 0.15) is 6.54 Å². The topological polar surface area (TPSA) is 111 Å². The van der Waals surface area contributed by atoms with Crippen molar-refractivity contribution in [1.82, 2.24) is 0 Å². The first-order valence-corrected chi connectivity index (χ1v) is 11.6. The lowest BCUT2D eigenvalue weighted by Crippen LogP contribution is -2.38. The van der Waals surface area contributed by atoms with Gasteiger partial charge in [-0.05, 0) is 42.0 Å². The van der Waals surface area contributed by atoms with Crippen LogP contribution in [0.4, 0.5) is 17.1 Å². The number of hydrogen-bond acceptors (Lipinski definition) is 7. The molecule has 9 nitrogen and oxygen atoms in total. The van der Waals surface area contributed by atoms with Crippen molar-refractivity contribution in [3.05, 3.63) is 82.4 Å². The third kappa shape index (κ3) is 5.38. The smallest absolute Gasteiger partial charge is 0.269 e. The number of rotatable bonds is 7. The minimum Gasteiger partial charge on any atom is -0.493 e. The van der Waals surface area contributed by atoms with E-state index in [-0.39, 0.29) is 29.8 Å². The Morgan fingerprint density at radius 2 is 1.80 bits per heavy atom. The zero-order valence-electron chi connectivity index (χ0n) is 19.1. The zero-order valence-corrected chi connectivity index (χ0v) is 19.9. The number of anilines is 2. The van der Waals surface area contributed by atoms with Crippen LogP contribution in [0.3, 0.4) is 0 Å². The number of nitrogens with one attached hydrogen (secondary N) is 1. The van der Waals surface area contributed by atoms with E-state index in [1.807, 2.05) is 42.5 Å². The van der Waals surface area contributed by atoms with E-state index in [2.05, 4.69) is 5.32 Å². The summed E-state index contributed by atoms with van der Waals surface area (Å²) in [4.78, 5) is 38.8. The predicted octanol–water partition coefficient (Wildman–Crippen LogP) is 4.82. The molecule has 35 heavy (non-hydrogen) atoms. The number of para-hydroxylation sites is 1. The average Bonchev–Trinajstić information content (AvgIpc) is 3.00. The van der Waals surface area contributed by atoms with E-state index in [9.17, 15) is 19.7 Å². The van der Waals surface area contributed by atoms with E-state index in [0.29, 0.717) is 22.9 Å². The molecule has 0 fully saturated rings. The maximum atomic E-state index is 13.3. The first-order chi connectivity index (χ1) is 16.9. The number of non-ortho nitro benzene ring substituents is 1.